The summed E-state index contributed by atoms with van der Waals surface area (Å²) < 4.78 is 5.23. The van der Waals surface area contributed by atoms with E-state index in [-0.39, 0.29) is 11.2 Å². The first-order valence-electron chi connectivity index (χ1n) is 7.50. The van der Waals surface area contributed by atoms with Crippen LogP contribution in [0.5, 0.6) is 5.75 Å². The quantitative estimate of drug-likeness (QED) is 0.525. The zero-order chi connectivity index (χ0) is 17.6. The van der Waals surface area contributed by atoms with E-state index in [0.717, 1.165) is 17.0 Å². The van der Waals surface area contributed by atoms with E-state index < -0.39 is 0 Å². The number of amides is 1. The molecule has 1 amide bonds. The lowest BCUT2D eigenvalue weighted by atomic mass is 10.2. The summed E-state index contributed by atoms with van der Waals surface area (Å²) in [6.45, 7) is 1.81. The second-order valence-electron chi connectivity index (χ2n) is 5.05. The largest absolute Gasteiger partial charge is 0.497 e. The van der Waals surface area contributed by atoms with Gasteiger partial charge in [0.05, 0.1) is 18.1 Å². The van der Waals surface area contributed by atoms with Gasteiger partial charge in [-0.3, -0.25) is 4.79 Å². The van der Waals surface area contributed by atoms with Crippen molar-refractivity contribution in [2.24, 2.45) is 0 Å². The second kappa shape index (κ2) is 8.09. The monoisotopic (exact) mass is 372 g/mol. The maximum atomic E-state index is 12.3. The molecule has 0 radical (unpaired) electrons. The Balaban J connectivity index is 1.65. The molecule has 128 valence electrons. The van der Waals surface area contributed by atoms with E-state index in [1.54, 1.807) is 25.6 Å². The molecule has 8 heteroatoms. The number of nitrogens with zero attached hydrogens (tertiary/aromatic N) is 3. The van der Waals surface area contributed by atoms with E-state index in [2.05, 4.69) is 20.3 Å². The maximum Gasteiger partial charge on any atom is 0.239 e. The Morgan fingerprint density at radius 1 is 1.28 bits per heavy atom. The third-order valence-electron chi connectivity index (χ3n) is 3.29. The number of hydrogen-bond acceptors (Lipinski definition) is 7. The van der Waals surface area contributed by atoms with Gasteiger partial charge < -0.3 is 10.1 Å². The van der Waals surface area contributed by atoms with Gasteiger partial charge in [-0.2, -0.15) is 0 Å². The minimum atomic E-state index is -0.327. The predicted molar refractivity (Wildman–Crippen MR) is 100 cm³/mol. The van der Waals surface area contributed by atoms with E-state index in [0.29, 0.717) is 10.3 Å². The number of methoxy groups -OCH3 is 1. The summed E-state index contributed by atoms with van der Waals surface area (Å²) in [5.41, 5.74) is 1.74. The topological polar surface area (TPSA) is 77.0 Å². The number of carbonyl (C=O) groups is 1. The van der Waals surface area contributed by atoms with Crippen molar-refractivity contribution < 1.29 is 9.53 Å². The molecule has 1 aromatic carbocycles. The van der Waals surface area contributed by atoms with Crippen molar-refractivity contribution in [3.05, 3.63) is 48.1 Å². The molecule has 3 aromatic rings. The van der Waals surface area contributed by atoms with Gasteiger partial charge in [0.2, 0.25) is 5.91 Å². The van der Waals surface area contributed by atoms with Crippen molar-refractivity contribution in [1.82, 2.24) is 15.0 Å². The summed E-state index contributed by atoms with van der Waals surface area (Å²) in [5.74, 6) is 0.632. The van der Waals surface area contributed by atoms with Crippen LogP contribution in [-0.2, 0) is 4.79 Å². The molecule has 1 atom stereocenters. The fourth-order valence-corrected chi connectivity index (χ4v) is 3.46. The molecule has 0 aliphatic rings. The molecule has 2 heterocycles. The number of aromatic nitrogens is 3. The number of carbonyl (C=O) groups excluding carboxylic acids is 1. The van der Waals surface area contributed by atoms with Gasteiger partial charge in [0.15, 0.2) is 10.3 Å². The highest BCUT2D eigenvalue weighted by atomic mass is 32.2. The lowest BCUT2D eigenvalue weighted by molar-refractivity contribution is -0.115. The average molecular weight is 372 g/mol. The smallest absolute Gasteiger partial charge is 0.239 e. The summed E-state index contributed by atoms with van der Waals surface area (Å²) in [4.78, 5) is 25.0. The third-order valence-corrected chi connectivity index (χ3v) is 5.04. The number of anilines is 1. The molecular formula is C17H16N4O2S2. The van der Waals surface area contributed by atoms with Gasteiger partial charge in [-0.1, -0.05) is 23.9 Å². The number of benzene rings is 1. The zero-order valence-electron chi connectivity index (χ0n) is 13.7. The van der Waals surface area contributed by atoms with Gasteiger partial charge >= 0.3 is 0 Å². The minimum Gasteiger partial charge on any atom is -0.497 e. The zero-order valence-corrected chi connectivity index (χ0v) is 15.3. The van der Waals surface area contributed by atoms with Gasteiger partial charge in [0.1, 0.15) is 5.75 Å². The molecule has 0 aliphatic heterocycles. The van der Waals surface area contributed by atoms with Crippen LogP contribution in [0.4, 0.5) is 5.13 Å². The van der Waals surface area contributed by atoms with Crippen LogP contribution in [0.15, 0.2) is 53.3 Å². The molecule has 3 rings (SSSR count). The molecule has 0 fully saturated rings. The van der Waals surface area contributed by atoms with Crippen molar-refractivity contribution >= 4 is 34.1 Å². The van der Waals surface area contributed by atoms with Crippen LogP contribution in [0.25, 0.3) is 11.3 Å². The van der Waals surface area contributed by atoms with E-state index in [1.165, 1.54) is 23.1 Å². The second-order valence-corrected chi connectivity index (χ2v) is 7.22. The van der Waals surface area contributed by atoms with Gasteiger partial charge in [-0.25, -0.2) is 15.0 Å². The van der Waals surface area contributed by atoms with Crippen LogP contribution in [-0.4, -0.2) is 33.2 Å². The molecule has 25 heavy (non-hydrogen) atoms. The summed E-state index contributed by atoms with van der Waals surface area (Å²) in [5, 5.41) is 5.55. The number of thiazole rings is 1. The van der Waals surface area contributed by atoms with Crippen molar-refractivity contribution in [3.8, 4) is 17.0 Å². The molecule has 0 spiro atoms. The molecule has 0 saturated heterocycles. The summed E-state index contributed by atoms with van der Waals surface area (Å²) >= 11 is 2.69. The van der Waals surface area contributed by atoms with Gasteiger partial charge in [-0.15, -0.1) is 11.3 Å². The predicted octanol–water partition coefficient (Wildman–Crippen LogP) is 3.73. The van der Waals surface area contributed by atoms with Gasteiger partial charge in [0, 0.05) is 23.3 Å². The minimum absolute atomic E-state index is 0.135. The van der Waals surface area contributed by atoms with E-state index >= 15 is 0 Å². The number of ether oxygens (including phenoxy) is 1. The Hall–Kier alpha value is -2.45. The maximum absolute atomic E-state index is 12.3. The number of nitrogens with one attached hydrogen (secondary N) is 1. The summed E-state index contributed by atoms with van der Waals surface area (Å²) in [6.07, 6.45) is 3.31. The Kier molecular flexibility index (Phi) is 5.62. The molecule has 0 aliphatic carbocycles. The fraction of sp³-hybridized carbons (Fsp3) is 0.176. The number of hydrogen-bond donors (Lipinski definition) is 1. The molecular weight excluding hydrogens is 356 g/mol. The number of rotatable bonds is 6. The fourth-order valence-electron chi connectivity index (χ4n) is 2.01. The molecule has 0 bridgehead atoms. The SMILES string of the molecule is COc1cccc(-c2csc(NC(=O)C(C)Sc3ncccn3)n2)c1. The Bertz CT molecular complexity index is 855. The van der Waals surface area contributed by atoms with E-state index in [4.69, 9.17) is 4.74 Å². The van der Waals surface area contributed by atoms with Crippen LogP contribution >= 0.6 is 23.1 Å². The van der Waals surface area contributed by atoms with Crippen molar-refractivity contribution in [3.63, 3.8) is 0 Å². The van der Waals surface area contributed by atoms with E-state index in [9.17, 15) is 4.79 Å². The molecule has 2 aromatic heterocycles. The Labute approximate surface area is 153 Å². The average Bonchev–Trinajstić information content (AvgIpc) is 3.11. The lowest BCUT2D eigenvalue weighted by Gasteiger charge is -2.08. The van der Waals surface area contributed by atoms with Crippen molar-refractivity contribution in [2.75, 3.05) is 12.4 Å². The molecule has 1 N–H and O–H groups in total. The molecule has 1 unspecified atom stereocenters. The first-order chi connectivity index (χ1) is 12.2. The third kappa shape index (κ3) is 4.55. The summed E-state index contributed by atoms with van der Waals surface area (Å²) in [6, 6.07) is 9.39. The van der Waals surface area contributed by atoms with Crippen LogP contribution < -0.4 is 10.1 Å². The summed E-state index contributed by atoms with van der Waals surface area (Å²) in [7, 11) is 1.63. The first kappa shape index (κ1) is 17.4. The van der Waals surface area contributed by atoms with Gasteiger partial charge in [0.25, 0.3) is 0 Å². The standard InChI is InChI=1S/C17H16N4O2S2/c1-11(25-16-18-7-4-8-19-16)15(22)21-17-20-14(10-24-17)12-5-3-6-13(9-12)23-2/h3-11H,1-2H3,(H,20,21,22). The molecule has 6 nitrogen and oxygen atoms in total. The highest BCUT2D eigenvalue weighted by Crippen LogP contribution is 2.28. The van der Waals surface area contributed by atoms with Crippen molar-refractivity contribution in [1.29, 1.82) is 0 Å². The lowest BCUT2D eigenvalue weighted by Crippen LogP contribution is -2.22. The van der Waals surface area contributed by atoms with Crippen LogP contribution in [0, 0.1) is 0 Å². The van der Waals surface area contributed by atoms with Crippen LogP contribution in [0.2, 0.25) is 0 Å². The highest BCUT2D eigenvalue weighted by molar-refractivity contribution is 8.00. The molecule has 0 saturated carbocycles. The van der Waals surface area contributed by atoms with Crippen LogP contribution in [0.3, 0.4) is 0 Å². The first-order valence-corrected chi connectivity index (χ1v) is 9.26. The normalized spacial score (nSPS) is 11.8. The Morgan fingerprint density at radius 2 is 2.08 bits per heavy atom. The Morgan fingerprint density at radius 3 is 2.84 bits per heavy atom. The van der Waals surface area contributed by atoms with Crippen molar-refractivity contribution in [2.45, 2.75) is 17.3 Å². The van der Waals surface area contributed by atoms with Gasteiger partial charge in [-0.05, 0) is 25.1 Å². The number of thioether (sulfide) groups is 1. The highest BCUT2D eigenvalue weighted by Gasteiger charge is 2.17. The van der Waals surface area contributed by atoms with Crippen LogP contribution in [0.1, 0.15) is 6.92 Å². The van der Waals surface area contributed by atoms with E-state index in [1.807, 2.05) is 36.6 Å².